The molecule has 3 amide bonds. The van der Waals surface area contributed by atoms with Gasteiger partial charge in [-0.25, -0.2) is 0 Å². The Morgan fingerprint density at radius 1 is 1.00 bits per heavy atom. The van der Waals surface area contributed by atoms with Crippen LogP contribution in [0.1, 0.15) is 39.0 Å². The number of unbranched alkanes of at least 4 members (excludes halogenated alkanes) is 1. The highest BCUT2D eigenvalue weighted by atomic mass is 16.3. The third-order valence-corrected chi connectivity index (χ3v) is 4.34. The summed E-state index contributed by atoms with van der Waals surface area (Å²) in [7, 11) is 0. The first kappa shape index (κ1) is 21.4. The molecule has 0 bridgehead atoms. The highest BCUT2D eigenvalue weighted by molar-refractivity contribution is 5.88. The van der Waals surface area contributed by atoms with Gasteiger partial charge in [0, 0.05) is 13.1 Å². The molecule has 0 spiro atoms. The van der Waals surface area contributed by atoms with Crippen LogP contribution in [0.4, 0.5) is 0 Å². The van der Waals surface area contributed by atoms with E-state index >= 15 is 0 Å². The van der Waals surface area contributed by atoms with Crippen LogP contribution in [0.25, 0.3) is 0 Å². The Hall–Kier alpha value is -1.67. The molecule has 3 N–H and O–H groups in total. The number of rotatable bonds is 11. The van der Waals surface area contributed by atoms with E-state index in [1.165, 1.54) is 16.2 Å². The molecule has 1 aliphatic heterocycles. The monoisotopic (exact) mass is 356 g/mol. The Labute approximate surface area is 149 Å². The predicted molar refractivity (Wildman–Crippen MR) is 94.6 cm³/mol. The summed E-state index contributed by atoms with van der Waals surface area (Å²) in [5.74, 6) is -1.05. The van der Waals surface area contributed by atoms with Crippen molar-refractivity contribution in [2.45, 2.75) is 39.0 Å². The van der Waals surface area contributed by atoms with Gasteiger partial charge in [-0.15, -0.1) is 0 Å². The fourth-order valence-electron chi connectivity index (χ4n) is 2.91. The van der Waals surface area contributed by atoms with Gasteiger partial charge in [-0.1, -0.05) is 19.8 Å². The summed E-state index contributed by atoms with van der Waals surface area (Å²) in [4.78, 5) is 41.0. The Morgan fingerprint density at radius 3 is 2.20 bits per heavy atom. The van der Waals surface area contributed by atoms with Crippen molar-refractivity contribution in [3.8, 4) is 0 Å². The van der Waals surface area contributed by atoms with Crippen LogP contribution in [0.2, 0.25) is 0 Å². The minimum Gasteiger partial charge on any atom is -0.395 e. The molecule has 0 radical (unpaired) electrons. The molecule has 1 heterocycles. The van der Waals surface area contributed by atoms with Crippen molar-refractivity contribution in [3.63, 3.8) is 0 Å². The van der Waals surface area contributed by atoms with E-state index in [-0.39, 0.29) is 44.6 Å². The van der Waals surface area contributed by atoms with E-state index < -0.39 is 5.91 Å². The SMILES string of the molecule is CCCCN(CC(N)=O)C(=O)CN(CCO)C(=O)CN1CCCCC1. The lowest BCUT2D eigenvalue weighted by molar-refractivity contribution is -0.142. The molecule has 0 unspecified atom stereocenters. The van der Waals surface area contributed by atoms with Gasteiger partial charge in [0.2, 0.25) is 17.7 Å². The number of carbonyl (C=O) groups is 3. The smallest absolute Gasteiger partial charge is 0.242 e. The molecule has 0 aromatic carbocycles. The molecule has 8 heteroatoms. The van der Waals surface area contributed by atoms with E-state index in [1.54, 1.807) is 0 Å². The van der Waals surface area contributed by atoms with Crippen molar-refractivity contribution < 1.29 is 19.5 Å². The number of primary amides is 1. The standard InChI is InChI=1S/C17H32N4O4/c1-2-3-9-20(12-15(18)23)17(25)14-21(10-11-22)16(24)13-19-7-5-4-6-8-19/h22H,2-14H2,1H3,(H2,18,23). The van der Waals surface area contributed by atoms with Gasteiger partial charge < -0.3 is 20.6 Å². The number of aliphatic hydroxyl groups excluding tert-OH is 1. The summed E-state index contributed by atoms with van der Waals surface area (Å²) in [6, 6.07) is 0. The van der Waals surface area contributed by atoms with Gasteiger partial charge in [0.1, 0.15) is 0 Å². The number of nitrogens with two attached hydrogens (primary N) is 1. The summed E-state index contributed by atoms with van der Waals surface area (Å²) in [5, 5.41) is 9.22. The van der Waals surface area contributed by atoms with Crippen LogP contribution in [0.3, 0.4) is 0 Å². The largest absolute Gasteiger partial charge is 0.395 e. The van der Waals surface area contributed by atoms with E-state index in [4.69, 9.17) is 5.73 Å². The van der Waals surface area contributed by atoms with Crippen LogP contribution in [-0.2, 0) is 14.4 Å². The van der Waals surface area contributed by atoms with Gasteiger partial charge in [-0.05, 0) is 32.4 Å². The molecule has 0 atom stereocenters. The molecule has 0 saturated carbocycles. The average molecular weight is 356 g/mol. The zero-order chi connectivity index (χ0) is 18.7. The van der Waals surface area contributed by atoms with Crippen molar-refractivity contribution in [3.05, 3.63) is 0 Å². The van der Waals surface area contributed by atoms with Gasteiger partial charge in [0.15, 0.2) is 0 Å². The molecule has 1 fully saturated rings. The van der Waals surface area contributed by atoms with Crippen LogP contribution in [0, 0.1) is 0 Å². The van der Waals surface area contributed by atoms with Gasteiger partial charge in [-0.3, -0.25) is 19.3 Å². The fraction of sp³-hybridized carbons (Fsp3) is 0.824. The maximum atomic E-state index is 12.5. The highest BCUT2D eigenvalue weighted by Crippen LogP contribution is 2.09. The zero-order valence-electron chi connectivity index (χ0n) is 15.3. The van der Waals surface area contributed by atoms with Gasteiger partial charge in [0.25, 0.3) is 0 Å². The number of nitrogens with zero attached hydrogens (tertiary/aromatic N) is 3. The van der Waals surface area contributed by atoms with Crippen LogP contribution in [0.15, 0.2) is 0 Å². The van der Waals surface area contributed by atoms with Crippen LogP contribution >= 0.6 is 0 Å². The second-order valence-electron chi connectivity index (χ2n) is 6.51. The summed E-state index contributed by atoms with van der Waals surface area (Å²) in [6.07, 6.45) is 4.99. The van der Waals surface area contributed by atoms with Crippen LogP contribution in [0.5, 0.6) is 0 Å². The minimum atomic E-state index is -0.571. The van der Waals surface area contributed by atoms with E-state index in [0.29, 0.717) is 6.54 Å². The maximum absolute atomic E-state index is 12.5. The highest BCUT2D eigenvalue weighted by Gasteiger charge is 2.23. The van der Waals surface area contributed by atoms with Crippen LogP contribution < -0.4 is 5.73 Å². The van der Waals surface area contributed by atoms with E-state index in [9.17, 15) is 19.5 Å². The number of likely N-dealkylation sites (tertiary alicyclic amines) is 1. The maximum Gasteiger partial charge on any atom is 0.242 e. The lowest BCUT2D eigenvalue weighted by atomic mass is 10.1. The first-order valence-corrected chi connectivity index (χ1v) is 9.15. The number of hydrogen-bond acceptors (Lipinski definition) is 5. The quantitative estimate of drug-likeness (QED) is 0.514. The number of piperidine rings is 1. The van der Waals surface area contributed by atoms with Gasteiger partial charge in [0.05, 0.1) is 26.2 Å². The molecule has 8 nitrogen and oxygen atoms in total. The number of hydrogen-bond donors (Lipinski definition) is 2. The molecule has 0 aromatic heterocycles. The Bertz CT molecular complexity index is 438. The van der Waals surface area contributed by atoms with Crippen molar-refractivity contribution in [2.24, 2.45) is 5.73 Å². The van der Waals surface area contributed by atoms with Crippen molar-refractivity contribution >= 4 is 17.7 Å². The zero-order valence-corrected chi connectivity index (χ0v) is 15.3. The number of amides is 3. The van der Waals surface area contributed by atoms with Crippen molar-refractivity contribution in [1.82, 2.24) is 14.7 Å². The Morgan fingerprint density at radius 2 is 1.64 bits per heavy atom. The molecular formula is C17H32N4O4. The summed E-state index contributed by atoms with van der Waals surface area (Å²) in [6.45, 7) is 4.08. The molecule has 1 aliphatic rings. The summed E-state index contributed by atoms with van der Waals surface area (Å²) in [5.41, 5.74) is 5.22. The molecule has 1 saturated heterocycles. The Kier molecular flexibility index (Phi) is 10.1. The predicted octanol–water partition coefficient (Wildman–Crippen LogP) is -0.593. The fourth-order valence-corrected chi connectivity index (χ4v) is 2.91. The van der Waals surface area contributed by atoms with E-state index in [2.05, 4.69) is 4.90 Å². The molecule has 0 aliphatic carbocycles. The first-order chi connectivity index (χ1) is 12.0. The van der Waals surface area contributed by atoms with E-state index in [0.717, 1.165) is 38.8 Å². The lowest BCUT2D eigenvalue weighted by Crippen LogP contribution is -2.49. The summed E-state index contributed by atoms with van der Waals surface area (Å²) >= 11 is 0. The molecule has 0 aromatic rings. The van der Waals surface area contributed by atoms with Crippen LogP contribution in [-0.4, -0.2) is 89.9 Å². The molecule has 25 heavy (non-hydrogen) atoms. The third kappa shape index (κ3) is 8.31. The summed E-state index contributed by atoms with van der Waals surface area (Å²) < 4.78 is 0. The van der Waals surface area contributed by atoms with Gasteiger partial charge in [-0.2, -0.15) is 0 Å². The lowest BCUT2D eigenvalue weighted by Gasteiger charge is -2.30. The second-order valence-corrected chi connectivity index (χ2v) is 6.51. The van der Waals surface area contributed by atoms with E-state index in [1.807, 2.05) is 6.92 Å². The number of aliphatic hydroxyl groups is 1. The second kappa shape index (κ2) is 11.8. The normalized spacial score (nSPS) is 15.0. The molecule has 144 valence electrons. The third-order valence-electron chi connectivity index (χ3n) is 4.34. The average Bonchev–Trinajstić information content (AvgIpc) is 2.58. The van der Waals surface area contributed by atoms with Gasteiger partial charge >= 0.3 is 0 Å². The van der Waals surface area contributed by atoms with Crippen molar-refractivity contribution in [2.75, 3.05) is 52.4 Å². The topological polar surface area (TPSA) is 107 Å². The van der Waals surface area contributed by atoms with Crippen molar-refractivity contribution in [1.29, 1.82) is 0 Å². The molecular weight excluding hydrogens is 324 g/mol. The molecule has 1 rings (SSSR count). The first-order valence-electron chi connectivity index (χ1n) is 9.15. The minimum absolute atomic E-state index is 0.108. The Balaban J connectivity index is 2.63. The number of carbonyl (C=O) groups excluding carboxylic acids is 3.